The molecule has 0 saturated heterocycles. The van der Waals surface area contributed by atoms with E-state index in [0.717, 1.165) is 0 Å². The van der Waals surface area contributed by atoms with Gasteiger partial charge in [-0.2, -0.15) is 0 Å². The molecule has 1 heterocycles. The van der Waals surface area contributed by atoms with Crippen molar-refractivity contribution in [2.45, 2.75) is 25.6 Å². The summed E-state index contributed by atoms with van der Waals surface area (Å²) in [6.45, 7) is 1.76. The highest BCUT2D eigenvalue weighted by Crippen LogP contribution is 2.39. The molecule has 1 aromatic carbocycles. The average molecular weight is 288 g/mol. The first kappa shape index (κ1) is 13.8. The maximum atomic E-state index is 12.6. The predicted octanol–water partition coefficient (Wildman–Crippen LogP) is 2.50. The molecule has 1 aliphatic carbocycles. The van der Waals surface area contributed by atoms with E-state index in [2.05, 4.69) is 0 Å². The Labute approximate surface area is 122 Å². The van der Waals surface area contributed by atoms with E-state index in [4.69, 9.17) is 14.2 Å². The molecule has 2 aliphatic rings. The first-order valence-electron chi connectivity index (χ1n) is 6.74. The number of hydrogen-bond donors (Lipinski definition) is 0. The summed E-state index contributed by atoms with van der Waals surface area (Å²) in [6.07, 6.45) is 0.988. The molecule has 0 bridgehead atoms. The lowest BCUT2D eigenvalue weighted by molar-refractivity contribution is -0.193. The average Bonchev–Trinajstić information content (AvgIpc) is 2.52. The normalized spacial score (nSPS) is 24.3. The number of ketones is 2. The summed E-state index contributed by atoms with van der Waals surface area (Å²) in [5, 5.41) is 0. The fourth-order valence-electron chi connectivity index (χ4n) is 2.66. The van der Waals surface area contributed by atoms with Crippen LogP contribution in [0.4, 0.5) is 0 Å². The summed E-state index contributed by atoms with van der Waals surface area (Å²) in [6, 6.07) is 4.86. The molecular weight excluding hydrogens is 272 g/mol. The van der Waals surface area contributed by atoms with Crippen molar-refractivity contribution >= 4 is 11.6 Å². The number of rotatable bonds is 2. The van der Waals surface area contributed by atoms with Crippen LogP contribution in [0.15, 0.2) is 29.5 Å². The zero-order valence-electron chi connectivity index (χ0n) is 12.2. The standard InChI is InChI=1S/C16H16O5/c1-16(20-3)7-6-11-13(17)12-8-9(19-2)4-5-10(12)14(18)15(11)21-16/h4-5,8H,6-7H2,1-3H3. The van der Waals surface area contributed by atoms with Gasteiger partial charge in [-0.25, -0.2) is 0 Å². The summed E-state index contributed by atoms with van der Waals surface area (Å²) in [4.78, 5) is 25.1. The highest BCUT2D eigenvalue weighted by molar-refractivity contribution is 6.26. The number of Topliss-reactive ketones (excluding diaryl/α,β-unsaturated/α-hetero) is 2. The highest BCUT2D eigenvalue weighted by Gasteiger charge is 2.42. The van der Waals surface area contributed by atoms with Crippen molar-refractivity contribution in [3.8, 4) is 5.75 Å². The van der Waals surface area contributed by atoms with Gasteiger partial charge in [0.05, 0.1) is 7.11 Å². The topological polar surface area (TPSA) is 61.8 Å². The summed E-state index contributed by atoms with van der Waals surface area (Å²) >= 11 is 0. The van der Waals surface area contributed by atoms with Gasteiger partial charge in [0.2, 0.25) is 11.6 Å². The lowest BCUT2D eigenvalue weighted by atomic mass is 9.84. The van der Waals surface area contributed by atoms with E-state index in [9.17, 15) is 9.59 Å². The fraction of sp³-hybridized carbons (Fsp3) is 0.375. The SMILES string of the molecule is COc1ccc2c(c1)C(=O)C1=C(OC(C)(OC)CC1)C2=O. The summed E-state index contributed by atoms with van der Waals surface area (Å²) in [5.41, 5.74) is 1.15. The molecule has 1 aromatic rings. The molecule has 5 heteroatoms. The van der Waals surface area contributed by atoms with Crippen molar-refractivity contribution in [2.24, 2.45) is 0 Å². The molecule has 0 N–H and O–H groups in total. The van der Waals surface area contributed by atoms with Gasteiger partial charge in [0.15, 0.2) is 11.5 Å². The molecule has 0 amide bonds. The Morgan fingerprint density at radius 2 is 1.90 bits per heavy atom. The maximum absolute atomic E-state index is 12.6. The largest absolute Gasteiger partial charge is 0.497 e. The van der Waals surface area contributed by atoms with Gasteiger partial charge in [-0.1, -0.05) is 0 Å². The number of hydrogen-bond acceptors (Lipinski definition) is 5. The second-order valence-corrected chi connectivity index (χ2v) is 5.32. The summed E-state index contributed by atoms with van der Waals surface area (Å²) < 4.78 is 16.1. The maximum Gasteiger partial charge on any atom is 0.228 e. The van der Waals surface area contributed by atoms with Crippen molar-refractivity contribution in [1.82, 2.24) is 0 Å². The number of carbonyl (C=O) groups is 2. The third kappa shape index (κ3) is 2.05. The van der Waals surface area contributed by atoms with Crippen LogP contribution in [0.1, 0.15) is 40.5 Å². The van der Waals surface area contributed by atoms with Gasteiger partial charge in [0.25, 0.3) is 0 Å². The van der Waals surface area contributed by atoms with Gasteiger partial charge in [-0.05, 0) is 24.6 Å². The Kier molecular flexibility index (Phi) is 3.10. The van der Waals surface area contributed by atoms with Crippen molar-refractivity contribution < 1.29 is 23.8 Å². The minimum Gasteiger partial charge on any atom is -0.497 e. The third-order valence-corrected chi connectivity index (χ3v) is 4.05. The molecule has 1 unspecified atom stereocenters. The molecule has 3 rings (SSSR count). The number of allylic oxidation sites excluding steroid dienone is 2. The molecular formula is C16H16O5. The van der Waals surface area contributed by atoms with Crippen LogP contribution >= 0.6 is 0 Å². The van der Waals surface area contributed by atoms with Crippen molar-refractivity contribution in [3.63, 3.8) is 0 Å². The summed E-state index contributed by atoms with van der Waals surface area (Å²) in [5.74, 6) is -0.633. The van der Waals surface area contributed by atoms with Crippen molar-refractivity contribution in [1.29, 1.82) is 0 Å². The van der Waals surface area contributed by atoms with Crippen LogP contribution in [0.2, 0.25) is 0 Å². The monoisotopic (exact) mass is 288 g/mol. The second kappa shape index (κ2) is 4.70. The van der Waals surface area contributed by atoms with E-state index in [1.165, 1.54) is 14.2 Å². The molecule has 0 radical (unpaired) electrons. The Balaban J connectivity index is 2.09. The Bertz CT molecular complexity index is 673. The van der Waals surface area contributed by atoms with Crippen LogP contribution < -0.4 is 4.74 Å². The summed E-state index contributed by atoms with van der Waals surface area (Å²) in [7, 11) is 3.05. The van der Waals surface area contributed by atoms with Gasteiger partial charge in [0.1, 0.15) is 5.75 Å². The van der Waals surface area contributed by atoms with Crippen LogP contribution in [0.25, 0.3) is 0 Å². The van der Waals surface area contributed by atoms with Crippen molar-refractivity contribution in [2.75, 3.05) is 14.2 Å². The van der Waals surface area contributed by atoms with Gasteiger partial charge < -0.3 is 14.2 Å². The van der Waals surface area contributed by atoms with E-state index < -0.39 is 5.79 Å². The first-order valence-corrected chi connectivity index (χ1v) is 6.74. The molecule has 0 aromatic heterocycles. The van der Waals surface area contributed by atoms with Crippen LogP contribution in [-0.2, 0) is 9.47 Å². The zero-order valence-corrected chi connectivity index (χ0v) is 12.2. The molecule has 0 fully saturated rings. The lowest BCUT2D eigenvalue weighted by Gasteiger charge is -2.36. The van der Waals surface area contributed by atoms with Crippen LogP contribution in [0.5, 0.6) is 5.75 Å². The number of methoxy groups -OCH3 is 2. The second-order valence-electron chi connectivity index (χ2n) is 5.32. The van der Waals surface area contributed by atoms with Gasteiger partial charge in [0, 0.05) is 37.2 Å². The minimum atomic E-state index is -0.862. The Morgan fingerprint density at radius 1 is 1.14 bits per heavy atom. The van der Waals surface area contributed by atoms with Crippen LogP contribution in [0.3, 0.4) is 0 Å². The molecule has 0 spiro atoms. The predicted molar refractivity (Wildman–Crippen MR) is 74.4 cm³/mol. The molecule has 5 nitrogen and oxygen atoms in total. The molecule has 0 saturated carbocycles. The first-order chi connectivity index (χ1) is 9.99. The minimum absolute atomic E-state index is 0.119. The smallest absolute Gasteiger partial charge is 0.228 e. The lowest BCUT2D eigenvalue weighted by Crippen LogP contribution is -2.39. The number of fused-ring (bicyclic) bond motifs is 1. The van der Waals surface area contributed by atoms with Crippen LogP contribution in [-0.4, -0.2) is 31.6 Å². The van der Waals surface area contributed by atoms with E-state index in [-0.39, 0.29) is 17.3 Å². The molecule has 21 heavy (non-hydrogen) atoms. The van der Waals surface area contributed by atoms with E-state index in [1.54, 1.807) is 25.1 Å². The molecule has 1 atom stereocenters. The van der Waals surface area contributed by atoms with Crippen LogP contribution in [0, 0.1) is 0 Å². The molecule has 1 aliphatic heterocycles. The van der Waals surface area contributed by atoms with Crippen molar-refractivity contribution in [3.05, 3.63) is 40.7 Å². The number of benzene rings is 1. The zero-order chi connectivity index (χ0) is 15.2. The van der Waals surface area contributed by atoms with E-state index >= 15 is 0 Å². The Morgan fingerprint density at radius 3 is 2.57 bits per heavy atom. The quantitative estimate of drug-likeness (QED) is 0.836. The fourth-order valence-corrected chi connectivity index (χ4v) is 2.66. The number of carbonyl (C=O) groups excluding carboxylic acids is 2. The van der Waals surface area contributed by atoms with Gasteiger partial charge >= 0.3 is 0 Å². The third-order valence-electron chi connectivity index (χ3n) is 4.05. The van der Waals surface area contributed by atoms with E-state index in [0.29, 0.717) is 35.3 Å². The highest BCUT2D eigenvalue weighted by atomic mass is 16.7. The van der Waals surface area contributed by atoms with Gasteiger partial charge in [-0.3, -0.25) is 9.59 Å². The Hall–Kier alpha value is -2.14. The van der Waals surface area contributed by atoms with Gasteiger partial charge in [-0.15, -0.1) is 0 Å². The molecule has 110 valence electrons. The number of ether oxygens (including phenoxy) is 3. The van der Waals surface area contributed by atoms with E-state index in [1.807, 2.05) is 0 Å².